The van der Waals surface area contributed by atoms with Gasteiger partial charge in [-0.25, -0.2) is 0 Å². The summed E-state index contributed by atoms with van der Waals surface area (Å²) in [6, 6.07) is 3.94. The highest BCUT2D eigenvalue weighted by Crippen LogP contribution is 2.16. The SMILES string of the molecule is CC(C)CC(C)(CN)NC(=O)Cc1cccs1. The highest BCUT2D eigenvalue weighted by atomic mass is 32.1. The molecule has 3 N–H and O–H groups in total. The van der Waals surface area contributed by atoms with Gasteiger partial charge in [0.15, 0.2) is 0 Å². The van der Waals surface area contributed by atoms with Gasteiger partial charge in [0, 0.05) is 17.0 Å². The molecule has 4 heteroatoms. The second-order valence-corrected chi connectivity index (χ2v) is 6.20. The molecular formula is C13H22N2OS. The first kappa shape index (κ1) is 14.2. The van der Waals surface area contributed by atoms with Crippen molar-refractivity contribution >= 4 is 17.2 Å². The summed E-state index contributed by atoms with van der Waals surface area (Å²) in [7, 11) is 0. The van der Waals surface area contributed by atoms with Crippen LogP contribution < -0.4 is 11.1 Å². The number of thiophene rings is 1. The van der Waals surface area contributed by atoms with Crippen LogP contribution in [0.2, 0.25) is 0 Å². The van der Waals surface area contributed by atoms with E-state index < -0.39 is 0 Å². The lowest BCUT2D eigenvalue weighted by molar-refractivity contribution is -0.122. The first-order valence-corrected chi connectivity index (χ1v) is 6.86. The highest BCUT2D eigenvalue weighted by Gasteiger charge is 2.25. The number of rotatable bonds is 6. The summed E-state index contributed by atoms with van der Waals surface area (Å²) >= 11 is 1.61. The summed E-state index contributed by atoms with van der Waals surface area (Å²) in [5.74, 6) is 0.576. The number of carbonyl (C=O) groups is 1. The van der Waals surface area contributed by atoms with Crippen molar-refractivity contribution in [3.05, 3.63) is 22.4 Å². The van der Waals surface area contributed by atoms with Crippen LogP contribution in [0, 0.1) is 5.92 Å². The van der Waals surface area contributed by atoms with Gasteiger partial charge in [0.2, 0.25) is 5.91 Å². The first-order valence-electron chi connectivity index (χ1n) is 5.98. The molecule has 1 aromatic rings. The fourth-order valence-corrected chi connectivity index (χ4v) is 2.74. The normalized spacial score (nSPS) is 14.6. The highest BCUT2D eigenvalue weighted by molar-refractivity contribution is 7.10. The Morgan fingerprint density at radius 2 is 2.29 bits per heavy atom. The smallest absolute Gasteiger partial charge is 0.225 e. The molecule has 0 aliphatic carbocycles. The lowest BCUT2D eigenvalue weighted by Crippen LogP contribution is -2.52. The Balaban J connectivity index is 2.53. The van der Waals surface area contributed by atoms with Crippen LogP contribution in [-0.4, -0.2) is 18.0 Å². The van der Waals surface area contributed by atoms with E-state index in [2.05, 4.69) is 19.2 Å². The zero-order chi connectivity index (χ0) is 12.9. The fourth-order valence-electron chi connectivity index (χ4n) is 2.04. The molecule has 1 amide bonds. The molecule has 0 saturated heterocycles. The molecule has 0 bridgehead atoms. The van der Waals surface area contributed by atoms with Gasteiger partial charge in [-0.05, 0) is 30.7 Å². The van der Waals surface area contributed by atoms with Crippen molar-refractivity contribution in [2.45, 2.75) is 39.2 Å². The third kappa shape index (κ3) is 4.88. The molecule has 17 heavy (non-hydrogen) atoms. The lowest BCUT2D eigenvalue weighted by atomic mass is 9.90. The van der Waals surface area contributed by atoms with E-state index in [-0.39, 0.29) is 11.4 Å². The van der Waals surface area contributed by atoms with E-state index in [1.54, 1.807) is 11.3 Å². The van der Waals surface area contributed by atoms with Gasteiger partial charge in [-0.15, -0.1) is 11.3 Å². The third-order valence-corrected chi connectivity index (χ3v) is 3.54. The minimum Gasteiger partial charge on any atom is -0.349 e. The zero-order valence-electron chi connectivity index (χ0n) is 10.8. The molecule has 0 saturated carbocycles. The van der Waals surface area contributed by atoms with Gasteiger partial charge in [-0.1, -0.05) is 19.9 Å². The standard InChI is InChI=1S/C13H22N2OS/c1-10(2)8-13(3,9-14)15-12(16)7-11-5-4-6-17-11/h4-6,10H,7-9,14H2,1-3H3,(H,15,16). The Kier molecular flexibility index (Phi) is 5.15. The third-order valence-electron chi connectivity index (χ3n) is 2.67. The largest absolute Gasteiger partial charge is 0.349 e. The fraction of sp³-hybridized carbons (Fsp3) is 0.615. The maximum Gasteiger partial charge on any atom is 0.225 e. The summed E-state index contributed by atoms with van der Waals surface area (Å²) in [5, 5.41) is 5.04. The van der Waals surface area contributed by atoms with Crippen LogP contribution >= 0.6 is 11.3 Å². The Morgan fingerprint density at radius 1 is 1.59 bits per heavy atom. The molecule has 1 unspecified atom stereocenters. The van der Waals surface area contributed by atoms with Crippen molar-refractivity contribution in [1.82, 2.24) is 5.32 Å². The summed E-state index contributed by atoms with van der Waals surface area (Å²) in [6.07, 6.45) is 1.35. The summed E-state index contributed by atoms with van der Waals surface area (Å²) < 4.78 is 0. The second-order valence-electron chi connectivity index (χ2n) is 5.17. The van der Waals surface area contributed by atoms with E-state index in [0.29, 0.717) is 18.9 Å². The van der Waals surface area contributed by atoms with Gasteiger partial charge in [0.25, 0.3) is 0 Å². The average molecular weight is 254 g/mol. The molecule has 1 rings (SSSR count). The van der Waals surface area contributed by atoms with Crippen LogP contribution in [0.1, 0.15) is 32.1 Å². The van der Waals surface area contributed by atoms with Crippen LogP contribution in [-0.2, 0) is 11.2 Å². The maximum atomic E-state index is 11.9. The molecule has 0 aliphatic rings. The average Bonchev–Trinajstić information content (AvgIpc) is 2.68. The van der Waals surface area contributed by atoms with E-state index >= 15 is 0 Å². The molecule has 0 radical (unpaired) electrons. The van der Waals surface area contributed by atoms with E-state index in [1.807, 2.05) is 24.4 Å². The van der Waals surface area contributed by atoms with Crippen molar-refractivity contribution in [3.8, 4) is 0 Å². The zero-order valence-corrected chi connectivity index (χ0v) is 11.6. The van der Waals surface area contributed by atoms with Gasteiger partial charge < -0.3 is 11.1 Å². The Morgan fingerprint density at radius 3 is 2.76 bits per heavy atom. The maximum absolute atomic E-state index is 11.9. The number of hydrogen-bond acceptors (Lipinski definition) is 3. The predicted octanol–water partition coefficient (Wildman–Crippen LogP) is 2.17. The van der Waals surface area contributed by atoms with Gasteiger partial charge >= 0.3 is 0 Å². The van der Waals surface area contributed by atoms with E-state index in [1.165, 1.54) is 0 Å². The van der Waals surface area contributed by atoms with Crippen molar-refractivity contribution < 1.29 is 4.79 Å². The number of amides is 1. The van der Waals surface area contributed by atoms with Crippen molar-refractivity contribution in [3.63, 3.8) is 0 Å². The van der Waals surface area contributed by atoms with Crippen LogP contribution in [0.4, 0.5) is 0 Å². The Bertz CT molecular complexity index is 348. The molecular weight excluding hydrogens is 232 g/mol. The van der Waals surface area contributed by atoms with E-state index in [9.17, 15) is 4.79 Å². The molecule has 0 aromatic carbocycles. The Hall–Kier alpha value is -0.870. The molecule has 1 heterocycles. The Labute approximate surface area is 107 Å². The minimum absolute atomic E-state index is 0.0565. The topological polar surface area (TPSA) is 55.1 Å². The lowest BCUT2D eigenvalue weighted by Gasteiger charge is -2.31. The van der Waals surface area contributed by atoms with Gasteiger partial charge in [0.05, 0.1) is 6.42 Å². The molecule has 0 aliphatic heterocycles. The molecule has 1 aromatic heterocycles. The van der Waals surface area contributed by atoms with E-state index in [0.717, 1.165) is 11.3 Å². The first-order chi connectivity index (χ1) is 7.95. The molecule has 3 nitrogen and oxygen atoms in total. The summed E-state index contributed by atoms with van der Waals surface area (Å²) in [5.41, 5.74) is 5.48. The number of hydrogen-bond donors (Lipinski definition) is 2. The molecule has 1 atom stereocenters. The van der Waals surface area contributed by atoms with Crippen LogP contribution in [0.3, 0.4) is 0 Å². The summed E-state index contributed by atoms with van der Waals surface area (Å²) in [4.78, 5) is 13.0. The van der Waals surface area contributed by atoms with Crippen LogP contribution in [0.15, 0.2) is 17.5 Å². The number of nitrogens with one attached hydrogen (secondary N) is 1. The van der Waals surface area contributed by atoms with Crippen LogP contribution in [0.5, 0.6) is 0 Å². The number of carbonyl (C=O) groups excluding carboxylic acids is 1. The number of nitrogens with two attached hydrogens (primary N) is 1. The second kappa shape index (κ2) is 6.17. The molecule has 0 fully saturated rings. The van der Waals surface area contributed by atoms with Crippen LogP contribution in [0.25, 0.3) is 0 Å². The van der Waals surface area contributed by atoms with Crippen molar-refractivity contribution in [1.29, 1.82) is 0 Å². The van der Waals surface area contributed by atoms with Crippen molar-refractivity contribution in [2.24, 2.45) is 11.7 Å². The molecule has 0 spiro atoms. The quantitative estimate of drug-likeness (QED) is 0.817. The van der Waals surface area contributed by atoms with Gasteiger partial charge in [-0.2, -0.15) is 0 Å². The van der Waals surface area contributed by atoms with Crippen molar-refractivity contribution in [2.75, 3.05) is 6.54 Å². The van der Waals surface area contributed by atoms with E-state index in [4.69, 9.17) is 5.73 Å². The minimum atomic E-state index is -0.289. The van der Waals surface area contributed by atoms with Gasteiger partial charge in [0.1, 0.15) is 0 Å². The monoisotopic (exact) mass is 254 g/mol. The molecule has 96 valence electrons. The van der Waals surface area contributed by atoms with Gasteiger partial charge in [-0.3, -0.25) is 4.79 Å². The summed E-state index contributed by atoms with van der Waals surface area (Å²) in [6.45, 7) is 6.76. The predicted molar refractivity (Wildman–Crippen MR) is 73.1 cm³/mol.